The highest BCUT2D eigenvalue weighted by atomic mass is 79.9. The second kappa shape index (κ2) is 8.50. The lowest BCUT2D eigenvalue weighted by Crippen LogP contribution is -2.16. The van der Waals surface area contributed by atoms with Crippen LogP contribution in [0, 0.1) is 18.3 Å². The first-order valence-electron chi connectivity index (χ1n) is 7.95. The first kappa shape index (κ1) is 18.8. The Hall–Kier alpha value is -2.58. The number of hydrogen-bond acceptors (Lipinski definition) is 3. The largest absolute Gasteiger partial charge is 0.360 e. The number of nitriles is 1. The zero-order valence-electron chi connectivity index (χ0n) is 14.4. The van der Waals surface area contributed by atoms with Gasteiger partial charge in [-0.2, -0.15) is 5.26 Å². The quantitative estimate of drug-likeness (QED) is 0.528. The van der Waals surface area contributed by atoms with Gasteiger partial charge in [0.1, 0.15) is 11.6 Å². The fourth-order valence-corrected chi connectivity index (χ4v) is 2.59. The van der Waals surface area contributed by atoms with Gasteiger partial charge >= 0.3 is 0 Å². The van der Waals surface area contributed by atoms with Crippen molar-refractivity contribution in [1.29, 1.82) is 5.26 Å². The van der Waals surface area contributed by atoms with E-state index in [-0.39, 0.29) is 11.5 Å². The number of hydrogen-bond donors (Lipinski definition) is 2. The second-order valence-electron chi connectivity index (χ2n) is 5.97. The van der Waals surface area contributed by atoms with Gasteiger partial charge in [-0.25, -0.2) is 0 Å². The summed E-state index contributed by atoms with van der Waals surface area (Å²) in [6.45, 7) is 6.09. The van der Waals surface area contributed by atoms with E-state index < -0.39 is 5.91 Å². The van der Waals surface area contributed by atoms with Crippen molar-refractivity contribution in [3.8, 4) is 6.07 Å². The summed E-state index contributed by atoms with van der Waals surface area (Å²) in [5.41, 5.74) is 3.64. The van der Waals surface area contributed by atoms with Crippen LogP contribution in [0.5, 0.6) is 0 Å². The Bertz CT molecular complexity index is 850. The third-order valence-corrected chi connectivity index (χ3v) is 4.63. The summed E-state index contributed by atoms with van der Waals surface area (Å²) < 4.78 is 1.01. The van der Waals surface area contributed by atoms with Crippen LogP contribution in [-0.4, -0.2) is 5.91 Å². The van der Waals surface area contributed by atoms with Crippen LogP contribution < -0.4 is 10.6 Å². The Morgan fingerprint density at radius 1 is 1.24 bits per heavy atom. The van der Waals surface area contributed by atoms with E-state index >= 15 is 0 Å². The van der Waals surface area contributed by atoms with Gasteiger partial charge in [0.15, 0.2) is 0 Å². The van der Waals surface area contributed by atoms with Crippen molar-refractivity contribution in [2.45, 2.75) is 26.7 Å². The molecular formula is C20H20BrN3O. The average molecular weight is 398 g/mol. The monoisotopic (exact) mass is 397 g/mol. The lowest BCUT2D eigenvalue weighted by molar-refractivity contribution is -0.112. The van der Waals surface area contributed by atoms with Crippen molar-refractivity contribution in [2.75, 3.05) is 10.6 Å². The topological polar surface area (TPSA) is 64.9 Å². The van der Waals surface area contributed by atoms with Crippen LogP contribution in [0.3, 0.4) is 0 Å². The Labute approximate surface area is 156 Å². The number of nitrogens with one attached hydrogen (secondary N) is 2. The molecule has 0 aliphatic rings. The number of anilines is 2. The van der Waals surface area contributed by atoms with Gasteiger partial charge in [-0.3, -0.25) is 4.79 Å². The molecule has 128 valence electrons. The molecular weight excluding hydrogens is 378 g/mol. The van der Waals surface area contributed by atoms with E-state index in [1.54, 1.807) is 0 Å². The molecule has 0 saturated heterocycles. The van der Waals surface area contributed by atoms with Crippen LogP contribution >= 0.6 is 15.9 Å². The minimum Gasteiger partial charge on any atom is -0.360 e. The van der Waals surface area contributed by atoms with E-state index in [1.807, 2.05) is 55.5 Å². The number of halogens is 1. The van der Waals surface area contributed by atoms with E-state index in [0.717, 1.165) is 27.0 Å². The number of amides is 1. The Morgan fingerprint density at radius 3 is 2.60 bits per heavy atom. The molecule has 0 heterocycles. The maximum absolute atomic E-state index is 12.4. The molecule has 2 aromatic rings. The number of rotatable bonds is 5. The maximum atomic E-state index is 12.4. The van der Waals surface area contributed by atoms with Crippen LogP contribution in [0.15, 0.2) is 58.7 Å². The molecule has 0 atom stereocenters. The molecule has 2 rings (SSSR count). The van der Waals surface area contributed by atoms with Crippen LogP contribution in [0.2, 0.25) is 0 Å². The lowest BCUT2D eigenvalue weighted by atomic mass is 10.0. The fraction of sp³-hybridized carbons (Fsp3) is 0.200. The standard InChI is InChI=1S/C20H20BrN3O/c1-13(2)17-6-4-5-7-19(17)24-20(25)15(11-22)12-23-16-8-9-18(21)14(3)10-16/h4-10,12-13,23H,1-3H3,(H,24,25)/b15-12-. The van der Waals surface area contributed by atoms with Crippen molar-refractivity contribution in [2.24, 2.45) is 0 Å². The van der Waals surface area contributed by atoms with Gasteiger partial charge in [0.2, 0.25) is 0 Å². The molecule has 5 heteroatoms. The van der Waals surface area contributed by atoms with E-state index in [9.17, 15) is 10.1 Å². The number of para-hydroxylation sites is 1. The summed E-state index contributed by atoms with van der Waals surface area (Å²) in [6.07, 6.45) is 1.43. The Balaban J connectivity index is 2.16. The number of benzene rings is 2. The minimum absolute atomic E-state index is 0.0131. The van der Waals surface area contributed by atoms with Crippen molar-refractivity contribution in [1.82, 2.24) is 0 Å². The van der Waals surface area contributed by atoms with Gasteiger partial charge < -0.3 is 10.6 Å². The summed E-state index contributed by atoms with van der Waals surface area (Å²) >= 11 is 3.44. The van der Waals surface area contributed by atoms with Gasteiger partial charge in [-0.05, 0) is 48.2 Å². The smallest absolute Gasteiger partial charge is 0.267 e. The molecule has 2 N–H and O–H groups in total. The van der Waals surface area contributed by atoms with Gasteiger partial charge in [-0.15, -0.1) is 0 Å². The Morgan fingerprint density at radius 2 is 1.96 bits per heavy atom. The molecule has 4 nitrogen and oxygen atoms in total. The highest BCUT2D eigenvalue weighted by molar-refractivity contribution is 9.10. The first-order valence-corrected chi connectivity index (χ1v) is 8.75. The highest BCUT2D eigenvalue weighted by Crippen LogP contribution is 2.24. The third kappa shape index (κ3) is 4.94. The highest BCUT2D eigenvalue weighted by Gasteiger charge is 2.13. The molecule has 0 aliphatic carbocycles. The zero-order valence-corrected chi connectivity index (χ0v) is 16.0. The summed E-state index contributed by atoms with van der Waals surface area (Å²) in [4.78, 5) is 12.4. The summed E-state index contributed by atoms with van der Waals surface area (Å²) in [5.74, 6) is -0.160. The summed E-state index contributed by atoms with van der Waals surface area (Å²) in [7, 11) is 0. The summed E-state index contributed by atoms with van der Waals surface area (Å²) in [6, 6.07) is 15.3. The number of carbonyl (C=O) groups is 1. The van der Waals surface area contributed by atoms with Crippen LogP contribution in [0.25, 0.3) is 0 Å². The number of carbonyl (C=O) groups excluding carboxylic acids is 1. The second-order valence-corrected chi connectivity index (χ2v) is 6.83. The molecule has 0 aliphatic heterocycles. The van der Waals surface area contributed by atoms with Gasteiger partial charge in [0.05, 0.1) is 0 Å². The van der Waals surface area contributed by atoms with Gasteiger partial charge in [0, 0.05) is 22.0 Å². The SMILES string of the molecule is Cc1cc(N/C=C(/C#N)C(=O)Nc2ccccc2C(C)C)ccc1Br. The minimum atomic E-state index is -0.433. The third-order valence-electron chi connectivity index (χ3n) is 3.74. The van der Waals surface area contributed by atoms with Crippen LogP contribution in [0.1, 0.15) is 30.9 Å². The van der Waals surface area contributed by atoms with E-state index in [1.165, 1.54) is 6.20 Å². The fourth-order valence-electron chi connectivity index (χ4n) is 2.34. The molecule has 0 radical (unpaired) electrons. The van der Waals surface area contributed by atoms with E-state index in [2.05, 4.69) is 40.4 Å². The zero-order chi connectivity index (χ0) is 18.4. The number of aryl methyl sites for hydroxylation is 1. The van der Waals surface area contributed by atoms with Crippen molar-refractivity contribution >= 4 is 33.2 Å². The molecule has 1 amide bonds. The Kier molecular flexibility index (Phi) is 6.37. The molecule has 0 fully saturated rings. The van der Waals surface area contributed by atoms with Crippen molar-refractivity contribution < 1.29 is 4.79 Å². The van der Waals surface area contributed by atoms with Gasteiger partial charge in [-0.1, -0.05) is 48.0 Å². The molecule has 0 bridgehead atoms. The van der Waals surface area contributed by atoms with Gasteiger partial charge in [0.25, 0.3) is 5.91 Å². The molecule has 0 spiro atoms. The maximum Gasteiger partial charge on any atom is 0.267 e. The van der Waals surface area contributed by atoms with Crippen LogP contribution in [0.4, 0.5) is 11.4 Å². The average Bonchev–Trinajstić information content (AvgIpc) is 2.58. The van der Waals surface area contributed by atoms with E-state index in [0.29, 0.717) is 0 Å². The van der Waals surface area contributed by atoms with Crippen molar-refractivity contribution in [3.63, 3.8) is 0 Å². The molecule has 0 aromatic heterocycles. The lowest BCUT2D eigenvalue weighted by Gasteiger charge is -2.13. The molecule has 25 heavy (non-hydrogen) atoms. The normalized spacial score (nSPS) is 11.1. The summed E-state index contributed by atoms with van der Waals surface area (Å²) in [5, 5.41) is 15.1. The molecule has 2 aromatic carbocycles. The molecule has 0 unspecified atom stereocenters. The van der Waals surface area contributed by atoms with Crippen LogP contribution in [-0.2, 0) is 4.79 Å². The predicted octanol–water partition coefficient (Wildman–Crippen LogP) is 5.34. The predicted molar refractivity (Wildman–Crippen MR) is 105 cm³/mol. The first-order chi connectivity index (χ1) is 11.9. The van der Waals surface area contributed by atoms with E-state index in [4.69, 9.17) is 0 Å². The van der Waals surface area contributed by atoms with Crippen molar-refractivity contribution in [3.05, 3.63) is 69.8 Å². The molecule has 0 saturated carbocycles. The number of nitrogens with zero attached hydrogens (tertiary/aromatic N) is 1.